The maximum absolute atomic E-state index is 6.56. The van der Waals surface area contributed by atoms with Crippen molar-refractivity contribution in [1.29, 1.82) is 0 Å². The van der Waals surface area contributed by atoms with E-state index in [1.165, 1.54) is 16.7 Å². The Morgan fingerprint density at radius 2 is 1.64 bits per heavy atom. The lowest BCUT2D eigenvalue weighted by atomic mass is 9.95. The van der Waals surface area contributed by atoms with Crippen LogP contribution in [0.15, 0.2) is 97.2 Å². The van der Waals surface area contributed by atoms with E-state index in [1.807, 2.05) is 24.4 Å². The topological polar surface area (TPSA) is 24.1 Å². The van der Waals surface area contributed by atoms with Crippen LogP contribution in [0.3, 0.4) is 0 Å². The number of benzene rings is 3. The van der Waals surface area contributed by atoms with Gasteiger partial charge in [0.05, 0.1) is 6.54 Å². The Kier molecular flexibility index (Phi) is 7.82. The monoisotopic (exact) mass is 450 g/mol. The molecular weight excluding hydrogens is 424 g/mol. The van der Waals surface area contributed by atoms with Crippen LogP contribution in [-0.2, 0) is 6.42 Å². The summed E-state index contributed by atoms with van der Waals surface area (Å²) in [6.45, 7) is 2.21. The number of rotatable bonds is 8. The Morgan fingerprint density at radius 1 is 0.909 bits per heavy atom. The van der Waals surface area contributed by atoms with Crippen molar-refractivity contribution >= 4 is 17.2 Å². The van der Waals surface area contributed by atoms with Crippen LogP contribution in [-0.4, -0.2) is 19.6 Å². The highest BCUT2D eigenvalue weighted by atomic mass is 35.5. The van der Waals surface area contributed by atoms with Crippen molar-refractivity contribution in [3.8, 4) is 34.6 Å². The predicted octanol–water partition coefficient (Wildman–Crippen LogP) is 6.50. The van der Waals surface area contributed by atoms with Crippen molar-refractivity contribution in [1.82, 2.24) is 10.6 Å². The molecular formula is C30H27ClN2. The quantitative estimate of drug-likeness (QED) is 0.232. The van der Waals surface area contributed by atoms with Gasteiger partial charge in [-0.3, -0.25) is 0 Å². The zero-order valence-corrected chi connectivity index (χ0v) is 19.3. The first-order chi connectivity index (χ1) is 16.2. The van der Waals surface area contributed by atoms with Crippen molar-refractivity contribution in [2.24, 2.45) is 0 Å². The van der Waals surface area contributed by atoms with Gasteiger partial charge in [-0.05, 0) is 81.9 Å². The molecule has 0 amide bonds. The smallest absolute Gasteiger partial charge is 0.0576 e. The molecule has 164 valence electrons. The minimum atomic E-state index is 0.589. The molecule has 0 fully saturated rings. The molecule has 1 aliphatic heterocycles. The highest BCUT2D eigenvalue weighted by Crippen LogP contribution is 2.32. The number of nitrogens with one attached hydrogen (secondary N) is 2. The first kappa shape index (κ1) is 22.7. The molecule has 3 heteroatoms. The van der Waals surface area contributed by atoms with E-state index in [1.54, 1.807) is 0 Å². The van der Waals surface area contributed by atoms with E-state index < -0.39 is 0 Å². The molecule has 3 aromatic rings. The fourth-order valence-electron chi connectivity index (χ4n) is 3.89. The minimum Gasteiger partial charge on any atom is -0.387 e. The van der Waals surface area contributed by atoms with Crippen LogP contribution in [0.1, 0.15) is 11.1 Å². The van der Waals surface area contributed by atoms with Crippen molar-refractivity contribution in [2.75, 3.05) is 19.6 Å². The lowest BCUT2D eigenvalue weighted by Crippen LogP contribution is -2.12. The fourth-order valence-corrected chi connectivity index (χ4v) is 4.12. The van der Waals surface area contributed by atoms with E-state index in [9.17, 15) is 0 Å². The fraction of sp³-hybridized carbons (Fsp3) is 0.133. The van der Waals surface area contributed by atoms with Gasteiger partial charge in [0.2, 0.25) is 0 Å². The van der Waals surface area contributed by atoms with Gasteiger partial charge in [0.15, 0.2) is 0 Å². The summed E-state index contributed by atoms with van der Waals surface area (Å²) < 4.78 is 0. The van der Waals surface area contributed by atoms with Crippen molar-refractivity contribution < 1.29 is 0 Å². The number of allylic oxidation sites excluding steroid dienone is 3. The molecule has 0 atom stereocenters. The predicted molar refractivity (Wildman–Crippen MR) is 142 cm³/mol. The van der Waals surface area contributed by atoms with E-state index in [0.717, 1.165) is 46.8 Å². The largest absolute Gasteiger partial charge is 0.387 e. The van der Waals surface area contributed by atoms with Crippen LogP contribution in [0, 0.1) is 12.3 Å². The lowest BCUT2D eigenvalue weighted by molar-refractivity contribution is 0.855. The van der Waals surface area contributed by atoms with Crippen molar-refractivity contribution in [3.63, 3.8) is 0 Å². The zero-order valence-electron chi connectivity index (χ0n) is 18.5. The molecule has 2 nitrogen and oxygen atoms in total. The molecule has 0 spiro atoms. The minimum absolute atomic E-state index is 0.589. The van der Waals surface area contributed by atoms with E-state index in [2.05, 4.69) is 89.4 Å². The van der Waals surface area contributed by atoms with E-state index >= 15 is 0 Å². The van der Waals surface area contributed by atoms with Gasteiger partial charge >= 0.3 is 0 Å². The number of terminal acetylenes is 1. The van der Waals surface area contributed by atoms with E-state index in [0.29, 0.717) is 6.54 Å². The summed E-state index contributed by atoms with van der Waals surface area (Å²) in [5.74, 6) is 2.58. The molecule has 0 unspecified atom stereocenters. The number of hydrogen-bond acceptors (Lipinski definition) is 2. The molecule has 0 radical (unpaired) electrons. The van der Waals surface area contributed by atoms with E-state index in [-0.39, 0.29) is 0 Å². The Balaban J connectivity index is 1.57. The van der Waals surface area contributed by atoms with Crippen LogP contribution in [0.25, 0.3) is 27.8 Å². The normalized spacial score (nSPS) is 12.9. The number of dihydropyridines is 1. The van der Waals surface area contributed by atoms with Crippen LogP contribution >= 0.6 is 11.6 Å². The van der Waals surface area contributed by atoms with Gasteiger partial charge in [-0.1, -0.05) is 78.2 Å². The first-order valence-corrected chi connectivity index (χ1v) is 11.5. The summed E-state index contributed by atoms with van der Waals surface area (Å²) >= 11 is 6.56. The second kappa shape index (κ2) is 11.4. The van der Waals surface area contributed by atoms with Gasteiger partial charge in [-0.15, -0.1) is 6.42 Å². The maximum Gasteiger partial charge on any atom is 0.0576 e. The Hall–Kier alpha value is -3.51. The molecule has 3 aromatic carbocycles. The van der Waals surface area contributed by atoms with Crippen molar-refractivity contribution in [3.05, 3.63) is 113 Å². The van der Waals surface area contributed by atoms with Gasteiger partial charge in [0.25, 0.3) is 0 Å². The molecule has 4 rings (SSSR count). The molecule has 0 aliphatic carbocycles. The zero-order chi connectivity index (χ0) is 22.9. The molecule has 0 bridgehead atoms. The van der Waals surface area contributed by atoms with Crippen molar-refractivity contribution in [2.45, 2.75) is 6.42 Å². The number of hydrogen-bond donors (Lipinski definition) is 2. The van der Waals surface area contributed by atoms with Crippen LogP contribution in [0.2, 0.25) is 5.02 Å². The summed E-state index contributed by atoms with van der Waals surface area (Å²) in [7, 11) is 0. The second-order valence-electron chi connectivity index (χ2n) is 7.95. The molecule has 0 saturated heterocycles. The van der Waals surface area contributed by atoms with Gasteiger partial charge in [0, 0.05) is 18.1 Å². The SMILES string of the molecule is C#CCNC/C=C\Cc1cccc(-c2cc(Cl)cc(-c3cccc(C4=CC=CNC4)c3)c2)c1. The highest BCUT2D eigenvalue weighted by molar-refractivity contribution is 6.31. The highest BCUT2D eigenvalue weighted by Gasteiger charge is 2.08. The first-order valence-electron chi connectivity index (χ1n) is 11.1. The standard InChI is InChI=1S/C30H27ClN2/c1-2-14-32-15-4-3-8-23-9-5-10-24(17-23)28-19-29(21-30(31)20-28)26-12-6-11-25(18-26)27-13-7-16-33-22-27/h1,3-7,9-13,16-21,32-33H,8,14-15,22H2/b4-3-. The van der Waals surface area contributed by atoms with Crippen LogP contribution in [0.4, 0.5) is 0 Å². The Bertz CT molecular complexity index is 1240. The van der Waals surface area contributed by atoms with Gasteiger partial charge < -0.3 is 10.6 Å². The third kappa shape index (κ3) is 6.26. The molecule has 1 heterocycles. The van der Waals surface area contributed by atoms with Gasteiger partial charge in [0.1, 0.15) is 0 Å². The van der Waals surface area contributed by atoms with Gasteiger partial charge in [-0.2, -0.15) is 0 Å². The second-order valence-corrected chi connectivity index (χ2v) is 8.39. The molecule has 2 N–H and O–H groups in total. The average Bonchev–Trinajstić information content (AvgIpc) is 2.86. The molecule has 0 aromatic heterocycles. The van der Waals surface area contributed by atoms with Crippen LogP contribution < -0.4 is 10.6 Å². The Labute approximate surface area is 201 Å². The summed E-state index contributed by atoms with van der Waals surface area (Å²) in [5, 5.41) is 7.18. The average molecular weight is 451 g/mol. The molecule has 0 saturated carbocycles. The summed E-state index contributed by atoms with van der Waals surface area (Å²) in [6.07, 6.45) is 16.6. The third-order valence-electron chi connectivity index (χ3n) is 5.54. The summed E-state index contributed by atoms with van der Waals surface area (Å²) in [4.78, 5) is 0. The van der Waals surface area contributed by atoms with Gasteiger partial charge in [-0.25, -0.2) is 0 Å². The molecule has 1 aliphatic rings. The van der Waals surface area contributed by atoms with Crippen LogP contribution in [0.5, 0.6) is 0 Å². The maximum atomic E-state index is 6.56. The third-order valence-corrected chi connectivity index (χ3v) is 5.76. The summed E-state index contributed by atoms with van der Waals surface area (Å²) in [6, 6.07) is 23.5. The lowest BCUT2D eigenvalue weighted by Gasteiger charge is -2.13. The number of halogens is 1. The Morgan fingerprint density at radius 3 is 2.39 bits per heavy atom. The van der Waals surface area contributed by atoms with E-state index in [4.69, 9.17) is 18.0 Å². The summed E-state index contributed by atoms with van der Waals surface area (Å²) in [5.41, 5.74) is 8.30. The molecule has 33 heavy (non-hydrogen) atoms.